The topological polar surface area (TPSA) is 76.4 Å². The first-order chi connectivity index (χ1) is 13.8. The second-order valence-electron chi connectivity index (χ2n) is 6.55. The van der Waals surface area contributed by atoms with E-state index in [2.05, 4.69) is 0 Å². The average molecular weight is 397 g/mol. The fourth-order valence-corrected chi connectivity index (χ4v) is 2.99. The molecule has 0 aliphatic rings. The van der Waals surface area contributed by atoms with Crippen molar-refractivity contribution in [3.63, 3.8) is 0 Å². The van der Waals surface area contributed by atoms with Gasteiger partial charge in [0.05, 0.1) is 12.1 Å². The molecule has 1 N–H and O–H groups in total. The lowest BCUT2D eigenvalue weighted by molar-refractivity contribution is -0.148. The molecule has 0 saturated heterocycles. The first-order valence-electron chi connectivity index (χ1n) is 8.80. The number of benzene rings is 2. The third-order valence-corrected chi connectivity index (χ3v) is 4.47. The lowest BCUT2D eigenvalue weighted by Crippen LogP contribution is -2.20. The second kappa shape index (κ2) is 8.60. The first-order valence-corrected chi connectivity index (χ1v) is 8.80. The molecule has 0 saturated carbocycles. The van der Waals surface area contributed by atoms with E-state index < -0.39 is 29.8 Å². The summed E-state index contributed by atoms with van der Waals surface area (Å²) in [5.74, 6) is -4.23. The number of nitrogens with zero attached hydrogens (tertiary/aromatic N) is 1. The predicted octanol–water partition coefficient (Wildman–Crippen LogP) is 3.63. The number of carboxylic acid groups (broad SMARTS) is 1. The molecule has 1 heterocycles. The first kappa shape index (κ1) is 20.1. The fourth-order valence-electron chi connectivity index (χ4n) is 2.99. The molecule has 2 aromatic carbocycles. The number of rotatable bonds is 8. The van der Waals surface area contributed by atoms with E-state index in [4.69, 9.17) is 5.11 Å². The van der Waals surface area contributed by atoms with Gasteiger partial charge in [0.15, 0.2) is 5.78 Å². The van der Waals surface area contributed by atoms with Gasteiger partial charge in [-0.25, -0.2) is 13.6 Å². The van der Waals surface area contributed by atoms with Crippen LogP contribution in [0.2, 0.25) is 0 Å². The molecule has 0 radical (unpaired) electrons. The molecule has 0 spiro atoms. The van der Waals surface area contributed by atoms with E-state index in [1.54, 1.807) is 34.9 Å². The third-order valence-electron chi connectivity index (χ3n) is 4.47. The van der Waals surface area contributed by atoms with Crippen LogP contribution in [0, 0.1) is 11.6 Å². The van der Waals surface area contributed by atoms with Gasteiger partial charge in [-0.05, 0) is 47.5 Å². The van der Waals surface area contributed by atoms with Gasteiger partial charge in [-0.2, -0.15) is 0 Å². The number of hydrogen-bond acceptors (Lipinski definition) is 3. The Kier molecular flexibility index (Phi) is 5.97. The highest BCUT2D eigenvalue weighted by Gasteiger charge is 2.22. The molecule has 0 atom stereocenters. The van der Waals surface area contributed by atoms with Crippen molar-refractivity contribution in [3.8, 4) is 0 Å². The van der Waals surface area contributed by atoms with E-state index in [0.717, 1.165) is 11.1 Å². The maximum atomic E-state index is 13.2. The van der Waals surface area contributed by atoms with Crippen molar-refractivity contribution in [2.24, 2.45) is 0 Å². The van der Waals surface area contributed by atoms with Crippen LogP contribution in [0.5, 0.6) is 0 Å². The van der Waals surface area contributed by atoms with E-state index in [9.17, 15) is 23.2 Å². The van der Waals surface area contributed by atoms with E-state index >= 15 is 0 Å². The van der Waals surface area contributed by atoms with E-state index in [0.29, 0.717) is 12.1 Å². The maximum absolute atomic E-state index is 13.2. The predicted molar refractivity (Wildman–Crippen MR) is 101 cm³/mol. The molecule has 148 valence electrons. The number of carboxylic acids is 1. The van der Waals surface area contributed by atoms with Crippen LogP contribution in [0.15, 0.2) is 60.7 Å². The summed E-state index contributed by atoms with van der Waals surface area (Å²) < 4.78 is 28.0. The van der Waals surface area contributed by atoms with Gasteiger partial charge in [-0.15, -0.1) is 0 Å². The SMILES string of the molecule is O=C(O)C(=O)CC(=O)c1ccc(Cc2ccc(F)cc2)n1Cc1ccc(F)cc1. The monoisotopic (exact) mass is 397 g/mol. The van der Waals surface area contributed by atoms with Crippen LogP contribution in [-0.2, 0) is 22.6 Å². The molecule has 0 aliphatic heterocycles. The van der Waals surface area contributed by atoms with Gasteiger partial charge in [0, 0.05) is 18.7 Å². The van der Waals surface area contributed by atoms with Crippen LogP contribution >= 0.6 is 0 Å². The van der Waals surface area contributed by atoms with Gasteiger partial charge in [0.25, 0.3) is 0 Å². The summed E-state index contributed by atoms with van der Waals surface area (Å²) in [5, 5.41) is 8.76. The molecule has 0 amide bonds. The lowest BCUT2D eigenvalue weighted by Gasteiger charge is -2.13. The van der Waals surface area contributed by atoms with Gasteiger partial charge >= 0.3 is 5.97 Å². The van der Waals surface area contributed by atoms with E-state index in [1.165, 1.54) is 30.3 Å². The van der Waals surface area contributed by atoms with Crippen molar-refractivity contribution in [1.29, 1.82) is 0 Å². The highest BCUT2D eigenvalue weighted by Crippen LogP contribution is 2.19. The summed E-state index contributed by atoms with van der Waals surface area (Å²) in [5.41, 5.74) is 2.43. The van der Waals surface area contributed by atoms with Crippen molar-refractivity contribution in [2.45, 2.75) is 19.4 Å². The maximum Gasteiger partial charge on any atom is 0.372 e. The molecule has 0 bridgehead atoms. The normalized spacial score (nSPS) is 10.7. The lowest BCUT2D eigenvalue weighted by atomic mass is 10.1. The molecule has 3 rings (SSSR count). The molecule has 7 heteroatoms. The van der Waals surface area contributed by atoms with Gasteiger partial charge in [0.1, 0.15) is 11.6 Å². The van der Waals surface area contributed by atoms with Crippen LogP contribution in [0.1, 0.15) is 33.7 Å². The summed E-state index contributed by atoms with van der Waals surface area (Å²) in [7, 11) is 0. The number of hydrogen-bond donors (Lipinski definition) is 1. The Hall–Kier alpha value is -3.61. The highest BCUT2D eigenvalue weighted by molar-refractivity contribution is 6.37. The van der Waals surface area contributed by atoms with Crippen molar-refractivity contribution >= 4 is 17.5 Å². The Morgan fingerprint density at radius 2 is 1.34 bits per heavy atom. The van der Waals surface area contributed by atoms with Crippen LogP contribution in [0.3, 0.4) is 0 Å². The summed E-state index contributed by atoms with van der Waals surface area (Å²) in [4.78, 5) is 34.8. The molecular weight excluding hydrogens is 380 g/mol. The van der Waals surface area contributed by atoms with Gasteiger partial charge in [0.2, 0.25) is 5.78 Å². The Bertz CT molecular complexity index is 1050. The Morgan fingerprint density at radius 1 is 0.793 bits per heavy atom. The molecule has 0 aliphatic carbocycles. The molecular formula is C22H17F2NO4. The Morgan fingerprint density at radius 3 is 1.90 bits per heavy atom. The molecule has 3 aromatic rings. The van der Waals surface area contributed by atoms with Crippen molar-refractivity contribution < 1.29 is 28.3 Å². The highest BCUT2D eigenvalue weighted by atomic mass is 19.1. The number of halogens is 2. The number of aromatic nitrogens is 1. The standard InChI is InChI=1S/C22H17F2NO4/c23-16-5-1-14(2-6-16)11-18-9-10-19(20(26)12-21(27)22(28)29)25(18)13-15-3-7-17(24)8-4-15/h1-10H,11-13H2,(H,28,29). The van der Waals surface area contributed by atoms with Crippen molar-refractivity contribution in [2.75, 3.05) is 0 Å². The van der Waals surface area contributed by atoms with Crippen LogP contribution in [0.25, 0.3) is 0 Å². The van der Waals surface area contributed by atoms with Crippen LogP contribution in [0.4, 0.5) is 8.78 Å². The van der Waals surface area contributed by atoms with E-state index in [1.807, 2.05) is 0 Å². The number of aliphatic carboxylic acids is 1. The zero-order valence-corrected chi connectivity index (χ0v) is 15.3. The Labute approximate surface area is 165 Å². The minimum atomic E-state index is -1.67. The largest absolute Gasteiger partial charge is 0.475 e. The fraction of sp³-hybridized carbons (Fsp3) is 0.136. The van der Waals surface area contributed by atoms with Crippen LogP contribution in [-0.4, -0.2) is 27.2 Å². The number of carbonyl (C=O) groups excluding carboxylic acids is 2. The zero-order valence-electron chi connectivity index (χ0n) is 15.3. The molecule has 5 nitrogen and oxygen atoms in total. The summed E-state index contributed by atoms with van der Waals surface area (Å²) >= 11 is 0. The van der Waals surface area contributed by atoms with Gasteiger partial charge in [-0.1, -0.05) is 24.3 Å². The third kappa shape index (κ3) is 5.01. The minimum absolute atomic E-state index is 0.182. The molecule has 29 heavy (non-hydrogen) atoms. The number of Topliss-reactive ketones (excluding diaryl/α,β-unsaturated/α-hetero) is 2. The number of carbonyl (C=O) groups is 3. The average Bonchev–Trinajstić information content (AvgIpc) is 3.07. The quantitative estimate of drug-likeness (QED) is 0.358. The van der Waals surface area contributed by atoms with Crippen molar-refractivity contribution in [1.82, 2.24) is 4.57 Å². The van der Waals surface area contributed by atoms with Crippen molar-refractivity contribution in [3.05, 3.63) is 94.8 Å². The molecule has 0 fully saturated rings. The zero-order chi connectivity index (χ0) is 21.0. The summed E-state index contributed by atoms with van der Waals surface area (Å²) in [6.45, 7) is 0.228. The second-order valence-corrected chi connectivity index (χ2v) is 6.55. The Balaban J connectivity index is 1.94. The van der Waals surface area contributed by atoms with E-state index in [-0.39, 0.29) is 18.1 Å². The van der Waals surface area contributed by atoms with Gasteiger partial charge in [-0.3, -0.25) is 9.59 Å². The van der Waals surface area contributed by atoms with Gasteiger partial charge < -0.3 is 9.67 Å². The molecule has 1 aromatic heterocycles. The van der Waals surface area contributed by atoms with Crippen LogP contribution < -0.4 is 0 Å². The summed E-state index contributed by atoms with van der Waals surface area (Å²) in [6.07, 6.45) is -0.361. The minimum Gasteiger partial charge on any atom is -0.475 e. The summed E-state index contributed by atoms with van der Waals surface area (Å²) in [6, 6.07) is 14.9. The number of ketones is 2. The smallest absolute Gasteiger partial charge is 0.372 e. The molecule has 0 unspecified atom stereocenters.